The lowest BCUT2D eigenvalue weighted by Gasteiger charge is -2.38. The van der Waals surface area contributed by atoms with Crippen LogP contribution < -0.4 is 4.90 Å². The van der Waals surface area contributed by atoms with Crippen LogP contribution in [0.2, 0.25) is 5.02 Å². The molecule has 9 nitrogen and oxygen atoms in total. The van der Waals surface area contributed by atoms with Crippen molar-refractivity contribution >= 4 is 29.1 Å². The van der Waals surface area contributed by atoms with Crippen molar-refractivity contribution in [2.45, 2.75) is 72.0 Å². The summed E-state index contributed by atoms with van der Waals surface area (Å²) < 4.78 is 1.75. The molecule has 1 fully saturated rings. The van der Waals surface area contributed by atoms with E-state index in [0.717, 1.165) is 85.9 Å². The Morgan fingerprint density at radius 1 is 0.902 bits per heavy atom. The van der Waals surface area contributed by atoms with Crippen molar-refractivity contribution in [2.75, 3.05) is 50.8 Å². The van der Waals surface area contributed by atoms with Gasteiger partial charge in [-0.25, -0.2) is 4.68 Å². The average Bonchev–Trinajstić information content (AvgIpc) is 3.55. The van der Waals surface area contributed by atoms with E-state index in [1.54, 1.807) is 9.58 Å². The van der Waals surface area contributed by atoms with Crippen molar-refractivity contribution in [3.63, 3.8) is 0 Å². The van der Waals surface area contributed by atoms with Crippen LogP contribution in [-0.4, -0.2) is 93.3 Å². The third kappa shape index (κ3) is 8.49. The second kappa shape index (κ2) is 16.9. The molecule has 2 aliphatic rings. The average molecular weight is 711 g/mol. The molecule has 1 aromatic heterocycles. The number of aryl methyl sites for hydroxylation is 1. The molecule has 1 N–H and O–H groups in total. The highest BCUT2D eigenvalue weighted by molar-refractivity contribution is 6.30. The molecule has 0 unspecified atom stereocenters. The van der Waals surface area contributed by atoms with E-state index in [1.807, 2.05) is 54.3 Å². The summed E-state index contributed by atoms with van der Waals surface area (Å²) >= 11 is 6.10. The molecule has 6 rings (SSSR count). The number of amides is 2. The van der Waals surface area contributed by atoms with E-state index in [2.05, 4.69) is 54.0 Å². The number of aliphatic hydroxyl groups excluding tert-OH is 1. The lowest BCUT2D eigenvalue weighted by Crippen LogP contribution is -2.47. The van der Waals surface area contributed by atoms with E-state index in [-0.39, 0.29) is 24.5 Å². The van der Waals surface area contributed by atoms with Gasteiger partial charge in [-0.15, -0.1) is 0 Å². The molecule has 1 atom stereocenters. The Balaban J connectivity index is 1.31. The number of halogens is 1. The minimum Gasteiger partial charge on any atom is -0.394 e. The molecule has 4 aromatic rings. The van der Waals surface area contributed by atoms with Crippen LogP contribution >= 0.6 is 11.6 Å². The predicted octanol–water partition coefficient (Wildman–Crippen LogP) is 6.76. The van der Waals surface area contributed by atoms with Crippen molar-refractivity contribution < 1.29 is 14.7 Å². The first-order chi connectivity index (χ1) is 24.8. The number of piperazine rings is 1. The topological polar surface area (TPSA) is 85.2 Å². The summed E-state index contributed by atoms with van der Waals surface area (Å²) in [6, 6.07) is 23.7. The highest BCUT2D eigenvalue weighted by atomic mass is 35.5. The Morgan fingerprint density at radius 2 is 1.59 bits per heavy atom. The number of anilines is 1. The molecule has 0 spiro atoms. The van der Waals surface area contributed by atoms with Crippen LogP contribution in [0.4, 0.5) is 5.69 Å². The summed E-state index contributed by atoms with van der Waals surface area (Å²) in [4.78, 5) is 37.0. The SMILES string of the molecule is CCCCN(CCCC)C(=O)c1cc(C)n(-c2ccc(N3CCN(Cc4ccc(Cl)cc4)CC3)cc2C(=O)N2Cc3ccccc3C[C@H]2CO)n1. The minimum atomic E-state index is -0.345. The molecule has 0 aliphatic carbocycles. The van der Waals surface area contributed by atoms with Crippen LogP contribution in [0.1, 0.15) is 82.8 Å². The number of aliphatic hydroxyl groups is 1. The molecule has 3 aromatic carbocycles. The second-order valence-electron chi connectivity index (χ2n) is 13.9. The normalized spacial score (nSPS) is 16.3. The van der Waals surface area contributed by atoms with E-state index in [0.29, 0.717) is 43.0 Å². The zero-order valence-electron chi connectivity index (χ0n) is 30.2. The van der Waals surface area contributed by atoms with Crippen molar-refractivity contribution in [2.24, 2.45) is 0 Å². The molecule has 0 saturated carbocycles. The van der Waals surface area contributed by atoms with Crippen LogP contribution in [0.5, 0.6) is 0 Å². The molecule has 10 heteroatoms. The third-order valence-corrected chi connectivity index (χ3v) is 10.5. The highest BCUT2D eigenvalue weighted by Crippen LogP contribution is 2.30. The molecule has 0 bridgehead atoms. The number of hydrogen-bond acceptors (Lipinski definition) is 6. The summed E-state index contributed by atoms with van der Waals surface area (Å²) in [5.74, 6) is -0.232. The van der Waals surface area contributed by atoms with E-state index in [1.165, 1.54) is 5.56 Å². The van der Waals surface area contributed by atoms with Gasteiger partial charge in [0.25, 0.3) is 11.8 Å². The Kier molecular flexibility index (Phi) is 12.1. The maximum absolute atomic E-state index is 14.7. The standard InChI is InChI=1S/C41H51ClN6O3/c1-4-6-18-46(19-7-5-2)41(51)38-24-30(3)48(43-38)39-17-16-35(45-22-20-44(21-23-45)27-31-12-14-34(42)15-13-31)26-37(39)40(50)47-28-33-11-9-8-10-32(33)25-36(47)29-49/h8-17,24,26,36,49H,4-7,18-23,25,27-29H2,1-3H3/t36-/m0/s1. The number of fused-ring (bicyclic) bond motifs is 1. The molecule has 1 saturated heterocycles. The molecule has 51 heavy (non-hydrogen) atoms. The summed E-state index contributed by atoms with van der Waals surface area (Å²) in [5.41, 5.74) is 6.76. The molecule has 270 valence electrons. The van der Waals surface area contributed by atoms with Gasteiger partial charge in [0.15, 0.2) is 5.69 Å². The number of benzene rings is 3. The first-order valence-corrected chi connectivity index (χ1v) is 18.9. The van der Waals surface area contributed by atoms with Crippen molar-refractivity contribution in [3.8, 4) is 5.69 Å². The zero-order valence-corrected chi connectivity index (χ0v) is 31.0. The number of unbranched alkanes of at least 4 members (excludes halogenated alkanes) is 2. The minimum absolute atomic E-state index is 0.0762. The maximum atomic E-state index is 14.7. The molecule has 3 heterocycles. The van der Waals surface area contributed by atoms with Gasteiger partial charge in [0.05, 0.1) is 23.9 Å². The third-order valence-electron chi connectivity index (χ3n) is 10.3. The van der Waals surface area contributed by atoms with Gasteiger partial charge in [0.1, 0.15) is 0 Å². The largest absolute Gasteiger partial charge is 0.394 e. The van der Waals surface area contributed by atoms with Crippen LogP contribution in [0.25, 0.3) is 5.69 Å². The summed E-state index contributed by atoms with van der Waals surface area (Å²) in [5, 5.41) is 16.1. The van der Waals surface area contributed by atoms with Gasteiger partial charge in [0.2, 0.25) is 0 Å². The molecule has 2 aliphatic heterocycles. The molecule has 2 amide bonds. The summed E-state index contributed by atoms with van der Waals surface area (Å²) in [6.07, 6.45) is 4.49. The van der Waals surface area contributed by atoms with Gasteiger partial charge < -0.3 is 19.8 Å². The van der Waals surface area contributed by atoms with Crippen molar-refractivity contribution in [3.05, 3.63) is 111 Å². The summed E-state index contributed by atoms with van der Waals surface area (Å²) in [6.45, 7) is 12.2. The van der Waals surface area contributed by atoms with Gasteiger partial charge in [-0.05, 0) is 79.3 Å². The zero-order chi connectivity index (χ0) is 35.9. The number of hydrogen-bond donors (Lipinski definition) is 1. The first-order valence-electron chi connectivity index (χ1n) is 18.5. The van der Waals surface area contributed by atoms with Gasteiger partial charge in [-0.3, -0.25) is 14.5 Å². The van der Waals surface area contributed by atoms with Crippen LogP contribution in [0.3, 0.4) is 0 Å². The Hall–Kier alpha value is -4.18. The number of aromatic nitrogens is 2. The first kappa shape index (κ1) is 36.6. The number of carbonyl (C=O) groups is 2. The number of carbonyl (C=O) groups excluding carboxylic acids is 2. The van der Waals surface area contributed by atoms with Crippen LogP contribution in [0, 0.1) is 6.92 Å². The molecular weight excluding hydrogens is 660 g/mol. The fourth-order valence-electron chi connectivity index (χ4n) is 7.23. The fraction of sp³-hybridized carbons (Fsp3) is 0.439. The van der Waals surface area contributed by atoms with E-state index in [9.17, 15) is 14.7 Å². The van der Waals surface area contributed by atoms with E-state index >= 15 is 0 Å². The number of nitrogens with zero attached hydrogens (tertiary/aromatic N) is 6. The molecular formula is C41H51ClN6O3. The lowest BCUT2D eigenvalue weighted by atomic mass is 9.93. The second-order valence-corrected chi connectivity index (χ2v) is 14.4. The quantitative estimate of drug-likeness (QED) is 0.165. The Labute approximate surface area is 307 Å². The monoisotopic (exact) mass is 710 g/mol. The van der Waals surface area contributed by atoms with E-state index in [4.69, 9.17) is 16.7 Å². The van der Waals surface area contributed by atoms with E-state index < -0.39 is 0 Å². The Morgan fingerprint density at radius 3 is 2.25 bits per heavy atom. The predicted molar refractivity (Wildman–Crippen MR) is 204 cm³/mol. The van der Waals surface area contributed by atoms with Crippen LogP contribution in [-0.2, 0) is 19.5 Å². The summed E-state index contributed by atoms with van der Waals surface area (Å²) in [7, 11) is 0. The maximum Gasteiger partial charge on any atom is 0.274 e. The highest BCUT2D eigenvalue weighted by Gasteiger charge is 2.32. The van der Waals surface area contributed by atoms with Gasteiger partial charge in [-0.2, -0.15) is 5.10 Å². The number of rotatable bonds is 13. The lowest BCUT2D eigenvalue weighted by molar-refractivity contribution is 0.0544. The fourth-order valence-corrected chi connectivity index (χ4v) is 7.36. The van der Waals surface area contributed by atoms with Gasteiger partial charge in [0, 0.05) is 68.8 Å². The van der Waals surface area contributed by atoms with Gasteiger partial charge >= 0.3 is 0 Å². The van der Waals surface area contributed by atoms with Crippen molar-refractivity contribution in [1.29, 1.82) is 0 Å². The smallest absolute Gasteiger partial charge is 0.274 e. The molecule has 0 radical (unpaired) electrons. The van der Waals surface area contributed by atoms with Crippen LogP contribution in [0.15, 0.2) is 72.8 Å². The van der Waals surface area contributed by atoms with Crippen molar-refractivity contribution in [1.82, 2.24) is 24.5 Å². The van der Waals surface area contributed by atoms with Gasteiger partial charge in [-0.1, -0.05) is 74.7 Å². The Bertz CT molecular complexity index is 1790.